The summed E-state index contributed by atoms with van der Waals surface area (Å²) in [5, 5.41) is 3.34. The maximum absolute atomic E-state index is 12.9. The maximum atomic E-state index is 12.9. The van der Waals surface area contributed by atoms with Crippen LogP contribution in [0.1, 0.15) is 37.7 Å². The van der Waals surface area contributed by atoms with Crippen LogP contribution in [0, 0.1) is 0 Å². The van der Waals surface area contributed by atoms with Crippen LogP contribution in [0.3, 0.4) is 0 Å². The van der Waals surface area contributed by atoms with Gasteiger partial charge in [0, 0.05) is 44.5 Å². The molecule has 1 N–H and O–H groups in total. The molecule has 0 atom stereocenters. The Kier molecular flexibility index (Phi) is 8.24. The van der Waals surface area contributed by atoms with Crippen molar-refractivity contribution in [3.63, 3.8) is 0 Å². The highest BCUT2D eigenvalue weighted by Crippen LogP contribution is 2.25. The van der Waals surface area contributed by atoms with Gasteiger partial charge in [-0.15, -0.1) is 0 Å². The van der Waals surface area contributed by atoms with E-state index in [1.807, 2.05) is 18.2 Å². The molecule has 2 aromatic carbocycles. The number of para-hydroxylation sites is 1. The molecule has 4 rings (SSSR count). The highest BCUT2D eigenvalue weighted by atomic mass is 32.2. The second-order valence-corrected chi connectivity index (χ2v) is 11.3. The van der Waals surface area contributed by atoms with Crippen LogP contribution in [-0.4, -0.2) is 74.2 Å². The van der Waals surface area contributed by atoms with Crippen molar-refractivity contribution in [3.05, 3.63) is 60.2 Å². The summed E-state index contributed by atoms with van der Waals surface area (Å²) in [5.74, 6) is -0.00722. The Hall–Kier alpha value is -2.42. The van der Waals surface area contributed by atoms with Crippen molar-refractivity contribution in [2.45, 2.75) is 49.6 Å². The molecule has 1 amide bonds. The summed E-state index contributed by atoms with van der Waals surface area (Å²) in [6, 6.07) is 17.3. The van der Waals surface area contributed by atoms with Gasteiger partial charge in [0.05, 0.1) is 11.4 Å². The van der Waals surface area contributed by atoms with Gasteiger partial charge in [-0.05, 0) is 43.7 Å². The number of sulfonamides is 1. The van der Waals surface area contributed by atoms with Crippen molar-refractivity contribution in [1.82, 2.24) is 14.1 Å². The van der Waals surface area contributed by atoms with Crippen LogP contribution >= 0.6 is 0 Å². The summed E-state index contributed by atoms with van der Waals surface area (Å²) in [6.07, 6.45) is 6.48. The van der Waals surface area contributed by atoms with E-state index in [-0.39, 0.29) is 12.5 Å². The van der Waals surface area contributed by atoms with Gasteiger partial charge < -0.3 is 10.2 Å². The van der Waals surface area contributed by atoms with Crippen LogP contribution < -0.4 is 5.32 Å². The van der Waals surface area contributed by atoms with Gasteiger partial charge >= 0.3 is 0 Å². The largest absolute Gasteiger partial charge is 0.376 e. The van der Waals surface area contributed by atoms with Gasteiger partial charge in [-0.1, -0.05) is 55.7 Å². The second kappa shape index (κ2) is 11.3. The molecule has 1 saturated heterocycles. The number of hydrogen-bond acceptors (Lipinski definition) is 5. The monoisotopic (exact) mass is 484 g/mol. The standard InChI is InChI=1S/C26H36N4O3S/c1-28(23-11-4-2-5-12-23)21-22-10-8-9-15-25(22)27-20-26(31)29-16-18-30(19-17-29)34(32,33)24-13-6-3-7-14-24/h3,6-10,13-15,23,27H,2,4-5,11-12,16-21H2,1H3. The molecule has 2 aliphatic rings. The van der Waals surface area contributed by atoms with Crippen LogP contribution in [0.2, 0.25) is 0 Å². The highest BCUT2D eigenvalue weighted by Gasteiger charge is 2.30. The van der Waals surface area contributed by atoms with E-state index >= 15 is 0 Å². The minimum Gasteiger partial charge on any atom is -0.376 e. The number of rotatable bonds is 8. The Bertz CT molecular complexity index is 1050. The third-order valence-electron chi connectivity index (χ3n) is 7.04. The van der Waals surface area contributed by atoms with Gasteiger partial charge in [0.2, 0.25) is 15.9 Å². The summed E-state index contributed by atoms with van der Waals surface area (Å²) in [6.45, 7) is 2.49. The average molecular weight is 485 g/mol. The maximum Gasteiger partial charge on any atom is 0.243 e. The van der Waals surface area contributed by atoms with Crippen LogP contribution in [-0.2, 0) is 21.4 Å². The van der Waals surface area contributed by atoms with Crippen molar-refractivity contribution in [2.24, 2.45) is 0 Å². The van der Waals surface area contributed by atoms with E-state index in [2.05, 4.69) is 23.3 Å². The first-order valence-corrected chi connectivity index (χ1v) is 13.7. The Labute approximate surface area is 203 Å². The summed E-state index contributed by atoms with van der Waals surface area (Å²) in [7, 11) is -1.32. The van der Waals surface area contributed by atoms with Crippen molar-refractivity contribution in [1.29, 1.82) is 0 Å². The molecule has 1 aliphatic carbocycles. The molecule has 1 aliphatic heterocycles. The van der Waals surface area contributed by atoms with E-state index < -0.39 is 10.0 Å². The van der Waals surface area contributed by atoms with Crippen molar-refractivity contribution < 1.29 is 13.2 Å². The number of carbonyl (C=O) groups is 1. The first-order valence-electron chi connectivity index (χ1n) is 12.3. The fourth-order valence-corrected chi connectivity index (χ4v) is 6.40. The average Bonchev–Trinajstić information content (AvgIpc) is 2.89. The predicted octanol–water partition coefficient (Wildman–Crippen LogP) is 3.40. The fourth-order valence-electron chi connectivity index (χ4n) is 4.95. The molecular formula is C26H36N4O3S. The van der Waals surface area contributed by atoms with Gasteiger partial charge in [-0.3, -0.25) is 9.69 Å². The van der Waals surface area contributed by atoms with E-state index in [1.165, 1.54) is 42.0 Å². The topological polar surface area (TPSA) is 73.0 Å². The Balaban J connectivity index is 1.29. The van der Waals surface area contributed by atoms with Crippen molar-refractivity contribution in [2.75, 3.05) is 45.1 Å². The molecular weight excluding hydrogens is 448 g/mol. The first kappa shape index (κ1) is 24.7. The third kappa shape index (κ3) is 5.98. The molecule has 1 heterocycles. The quantitative estimate of drug-likeness (QED) is 0.622. The number of hydrogen-bond donors (Lipinski definition) is 1. The Morgan fingerprint density at radius 1 is 0.941 bits per heavy atom. The van der Waals surface area contributed by atoms with Crippen LogP contribution in [0.4, 0.5) is 5.69 Å². The van der Waals surface area contributed by atoms with Crippen LogP contribution in [0.25, 0.3) is 0 Å². The molecule has 0 radical (unpaired) electrons. The van der Waals surface area contributed by atoms with Crippen molar-refractivity contribution >= 4 is 21.6 Å². The summed E-state index contributed by atoms with van der Waals surface area (Å²) in [5.41, 5.74) is 2.19. The zero-order valence-corrected chi connectivity index (χ0v) is 20.8. The molecule has 184 valence electrons. The Morgan fingerprint density at radius 3 is 2.29 bits per heavy atom. The van der Waals surface area contributed by atoms with E-state index in [9.17, 15) is 13.2 Å². The molecule has 2 fully saturated rings. The Morgan fingerprint density at radius 2 is 1.59 bits per heavy atom. The zero-order chi connectivity index (χ0) is 24.0. The van der Waals surface area contributed by atoms with Gasteiger partial charge in [0.15, 0.2) is 0 Å². The third-order valence-corrected chi connectivity index (χ3v) is 8.95. The lowest BCUT2D eigenvalue weighted by Crippen LogP contribution is -2.51. The summed E-state index contributed by atoms with van der Waals surface area (Å²) in [4.78, 5) is 17.4. The molecule has 2 aromatic rings. The number of anilines is 1. The minimum absolute atomic E-state index is 0.00722. The second-order valence-electron chi connectivity index (χ2n) is 9.32. The highest BCUT2D eigenvalue weighted by molar-refractivity contribution is 7.89. The lowest BCUT2D eigenvalue weighted by atomic mass is 9.94. The van der Waals surface area contributed by atoms with Gasteiger partial charge in [0.25, 0.3) is 0 Å². The van der Waals surface area contributed by atoms with E-state index in [1.54, 1.807) is 35.2 Å². The van der Waals surface area contributed by atoms with Crippen LogP contribution in [0.15, 0.2) is 59.5 Å². The number of nitrogens with zero attached hydrogens (tertiary/aromatic N) is 3. The van der Waals surface area contributed by atoms with Gasteiger partial charge in [-0.25, -0.2) is 8.42 Å². The molecule has 0 spiro atoms. The molecule has 0 unspecified atom stereocenters. The summed E-state index contributed by atoms with van der Waals surface area (Å²) < 4.78 is 27.1. The van der Waals surface area contributed by atoms with Gasteiger partial charge in [0.1, 0.15) is 0 Å². The molecule has 34 heavy (non-hydrogen) atoms. The van der Waals surface area contributed by atoms with Crippen LogP contribution in [0.5, 0.6) is 0 Å². The minimum atomic E-state index is -3.52. The normalized spacial score (nSPS) is 18.2. The summed E-state index contributed by atoms with van der Waals surface area (Å²) >= 11 is 0. The molecule has 0 aromatic heterocycles. The first-order chi connectivity index (χ1) is 16.4. The molecule has 7 nitrogen and oxygen atoms in total. The number of piperazine rings is 1. The molecule has 8 heteroatoms. The molecule has 1 saturated carbocycles. The van der Waals surface area contributed by atoms with E-state index in [4.69, 9.17) is 0 Å². The number of nitrogens with one attached hydrogen (secondary N) is 1. The van der Waals surface area contributed by atoms with Gasteiger partial charge in [-0.2, -0.15) is 4.31 Å². The SMILES string of the molecule is CN(Cc1ccccc1NCC(=O)N1CCN(S(=O)(=O)c2ccccc2)CC1)C1CCCCC1. The van der Waals surface area contributed by atoms with E-state index in [0.717, 1.165) is 12.2 Å². The lowest BCUT2D eigenvalue weighted by molar-refractivity contribution is -0.130. The number of amides is 1. The van der Waals surface area contributed by atoms with E-state index in [0.29, 0.717) is 37.1 Å². The fraction of sp³-hybridized carbons (Fsp3) is 0.500. The van der Waals surface area contributed by atoms with Crippen molar-refractivity contribution in [3.8, 4) is 0 Å². The molecule has 0 bridgehead atoms. The lowest BCUT2D eigenvalue weighted by Gasteiger charge is -2.34. The zero-order valence-electron chi connectivity index (χ0n) is 20.0. The predicted molar refractivity (Wildman–Crippen MR) is 135 cm³/mol. The number of carbonyl (C=O) groups excluding carboxylic acids is 1. The number of benzene rings is 2. The smallest absolute Gasteiger partial charge is 0.243 e.